The summed E-state index contributed by atoms with van der Waals surface area (Å²) in [6.07, 6.45) is 3.06. The molecule has 1 N–H and O–H groups in total. The molecule has 1 aromatic heterocycles. The number of ether oxygens (including phenoxy) is 1. The molecule has 2 aromatic rings. The van der Waals surface area contributed by atoms with E-state index in [1.807, 2.05) is 12.1 Å². The fraction of sp³-hybridized carbons (Fsp3) is 0.273. The second kappa shape index (κ2) is 4.05. The molecule has 0 amide bonds. The van der Waals surface area contributed by atoms with Gasteiger partial charge in [-0.15, -0.1) is 0 Å². The Bertz CT molecular complexity index is 436. The molecule has 0 spiro atoms. The summed E-state index contributed by atoms with van der Waals surface area (Å²) in [6, 6.07) is 6.05. The average Bonchev–Trinajstić information content (AvgIpc) is 2.62. The van der Waals surface area contributed by atoms with Crippen molar-refractivity contribution in [1.29, 1.82) is 0 Å². The Hall–Kier alpha value is -0.960. The van der Waals surface area contributed by atoms with Crippen molar-refractivity contribution in [3.8, 4) is 5.75 Å². The molecule has 3 heteroatoms. The number of hydrogen-bond donors (Lipinski definition) is 1. The maximum Gasteiger partial charge on any atom is 0.128 e. The first-order valence-electron chi connectivity index (χ1n) is 4.55. The van der Waals surface area contributed by atoms with Gasteiger partial charge in [0, 0.05) is 22.4 Å². The van der Waals surface area contributed by atoms with Gasteiger partial charge in [-0.2, -0.15) is 0 Å². The van der Waals surface area contributed by atoms with E-state index < -0.39 is 0 Å². The number of H-pyrrole nitrogens is 1. The maximum absolute atomic E-state index is 5.34. The van der Waals surface area contributed by atoms with E-state index in [-0.39, 0.29) is 0 Å². The molecule has 14 heavy (non-hydrogen) atoms. The van der Waals surface area contributed by atoms with Gasteiger partial charge in [0.1, 0.15) is 5.75 Å². The van der Waals surface area contributed by atoms with Crippen LogP contribution in [0.3, 0.4) is 0 Å². The number of aromatic amines is 1. The van der Waals surface area contributed by atoms with Crippen LogP contribution in [0.25, 0.3) is 10.9 Å². The standard InChI is InChI=1S/C11H12BrNO/c1-14-10-4-2-3-9-11(10)8(5-6-12)7-13-9/h2-4,7,13H,5-6H2,1H3. The second-order valence-corrected chi connectivity index (χ2v) is 3.93. The fourth-order valence-corrected chi connectivity index (χ4v) is 2.12. The number of fused-ring (bicyclic) bond motifs is 1. The fourth-order valence-electron chi connectivity index (χ4n) is 1.69. The Morgan fingerprint density at radius 1 is 1.43 bits per heavy atom. The minimum atomic E-state index is 0.944. The Labute approximate surface area is 91.4 Å². The summed E-state index contributed by atoms with van der Waals surface area (Å²) in [7, 11) is 1.71. The van der Waals surface area contributed by atoms with Crippen molar-refractivity contribution in [2.24, 2.45) is 0 Å². The number of nitrogens with one attached hydrogen (secondary N) is 1. The lowest BCUT2D eigenvalue weighted by Gasteiger charge is -2.03. The van der Waals surface area contributed by atoms with Crippen LogP contribution < -0.4 is 4.74 Å². The first-order valence-corrected chi connectivity index (χ1v) is 5.68. The molecule has 0 aliphatic carbocycles. The lowest BCUT2D eigenvalue weighted by Crippen LogP contribution is -1.87. The van der Waals surface area contributed by atoms with Gasteiger partial charge in [0.25, 0.3) is 0 Å². The van der Waals surface area contributed by atoms with Crippen LogP contribution in [0.4, 0.5) is 0 Å². The number of aryl methyl sites for hydroxylation is 1. The van der Waals surface area contributed by atoms with E-state index in [1.54, 1.807) is 7.11 Å². The smallest absolute Gasteiger partial charge is 0.128 e. The summed E-state index contributed by atoms with van der Waals surface area (Å²) in [6.45, 7) is 0. The van der Waals surface area contributed by atoms with Gasteiger partial charge < -0.3 is 9.72 Å². The van der Waals surface area contributed by atoms with E-state index in [9.17, 15) is 0 Å². The minimum Gasteiger partial charge on any atom is -0.496 e. The Balaban J connectivity index is 2.62. The van der Waals surface area contributed by atoms with Gasteiger partial charge in [0.05, 0.1) is 7.11 Å². The Morgan fingerprint density at radius 2 is 2.29 bits per heavy atom. The summed E-state index contributed by atoms with van der Waals surface area (Å²) >= 11 is 3.45. The molecule has 1 heterocycles. The first-order chi connectivity index (χ1) is 6.86. The molecule has 2 rings (SSSR count). The minimum absolute atomic E-state index is 0.944. The molecule has 0 saturated heterocycles. The lowest BCUT2D eigenvalue weighted by atomic mass is 10.1. The van der Waals surface area contributed by atoms with Gasteiger partial charge in [-0.05, 0) is 24.1 Å². The van der Waals surface area contributed by atoms with Gasteiger partial charge in [-0.25, -0.2) is 0 Å². The van der Waals surface area contributed by atoms with Crippen LogP contribution in [0.1, 0.15) is 5.56 Å². The zero-order chi connectivity index (χ0) is 9.97. The van der Waals surface area contributed by atoms with Crippen molar-refractivity contribution in [1.82, 2.24) is 4.98 Å². The highest BCUT2D eigenvalue weighted by Crippen LogP contribution is 2.28. The summed E-state index contributed by atoms with van der Waals surface area (Å²) in [4.78, 5) is 3.25. The molecule has 0 aliphatic heterocycles. The van der Waals surface area contributed by atoms with Gasteiger partial charge in [-0.1, -0.05) is 22.0 Å². The van der Waals surface area contributed by atoms with Gasteiger partial charge in [0.15, 0.2) is 0 Å². The lowest BCUT2D eigenvalue weighted by molar-refractivity contribution is 0.419. The van der Waals surface area contributed by atoms with Gasteiger partial charge >= 0.3 is 0 Å². The van der Waals surface area contributed by atoms with Crippen molar-refractivity contribution in [3.05, 3.63) is 30.0 Å². The molecule has 74 valence electrons. The highest BCUT2D eigenvalue weighted by Gasteiger charge is 2.07. The highest BCUT2D eigenvalue weighted by molar-refractivity contribution is 9.09. The molecule has 0 fully saturated rings. The number of methoxy groups -OCH3 is 1. The van der Waals surface area contributed by atoms with Gasteiger partial charge in [-0.3, -0.25) is 0 Å². The van der Waals surface area contributed by atoms with Gasteiger partial charge in [0.2, 0.25) is 0 Å². The zero-order valence-electron chi connectivity index (χ0n) is 8.01. The van der Waals surface area contributed by atoms with Crippen molar-refractivity contribution in [2.45, 2.75) is 6.42 Å². The van der Waals surface area contributed by atoms with Crippen LogP contribution in [-0.4, -0.2) is 17.4 Å². The van der Waals surface area contributed by atoms with Crippen molar-refractivity contribution < 1.29 is 4.74 Å². The topological polar surface area (TPSA) is 25.0 Å². The largest absolute Gasteiger partial charge is 0.496 e. The maximum atomic E-state index is 5.34. The molecule has 0 atom stereocenters. The number of rotatable bonds is 3. The molecular formula is C11H12BrNO. The average molecular weight is 254 g/mol. The van der Waals surface area contributed by atoms with E-state index >= 15 is 0 Å². The monoisotopic (exact) mass is 253 g/mol. The summed E-state index contributed by atoms with van der Waals surface area (Å²) in [5, 5.41) is 2.17. The number of halogens is 1. The predicted octanol–water partition coefficient (Wildman–Crippen LogP) is 3.11. The molecule has 0 aliphatic rings. The van der Waals surface area contributed by atoms with Crippen LogP contribution in [0.2, 0.25) is 0 Å². The van der Waals surface area contributed by atoms with E-state index in [1.165, 1.54) is 10.9 Å². The molecule has 2 nitrogen and oxygen atoms in total. The third-order valence-corrected chi connectivity index (χ3v) is 2.73. The highest BCUT2D eigenvalue weighted by atomic mass is 79.9. The quantitative estimate of drug-likeness (QED) is 0.836. The number of aromatic nitrogens is 1. The van der Waals surface area contributed by atoms with Crippen LogP contribution in [0.15, 0.2) is 24.4 Å². The van der Waals surface area contributed by atoms with Crippen LogP contribution >= 0.6 is 15.9 Å². The first kappa shape index (κ1) is 9.59. The second-order valence-electron chi connectivity index (χ2n) is 3.14. The molecule has 0 radical (unpaired) electrons. The van der Waals surface area contributed by atoms with E-state index in [0.717, 1.165) is 23.0 Å². The predicted molar refractivity (Wildman–Crippen MR) is 62.3 cm³/mol. The third-order valence-electron chi connectivity index (χ3n) is 2.33. The zero-order valence-corrected chi connectivity index (χ0v) is 9.60. The molecule has 0 unspecified atom stereocenters. The number of hydrogen-bond acceptors (Lipinski definition) is 1. The van der Waals surface area contributed by atoms with Crippen LogP contribution in [-0.2, 0) is 6.42 Å². The molecule has 0 saturated carbocycles. The van der Waals surface area contributed by atoms with E-state index in [0.29, 0.717) is 0 Å². The van der Waals surface area contributed by atoms with Crippen LogP contribution in [0, 0.1) is 0 Å². The summed E-state index contributed by atoms with van der Waals surface area (Å²) in [5.41, 5.74) is 2.44. The van der Waals surface area contributed by atoms with E-state index in [4.69, 9.17) is 4.74 Å². The SMILES string of the molecule is COc1cccc2[nH]cc(CCBr)c12. The van der Waals surface area contributed by atoms with Crippen molar-refractivity contribution in [3.63, 3.8) is 0 Å². The normalized spacial score (nSPS) is 10.7. The van der Waals surface area contributed by atoms with Crippen LogP contribution in [0.5, 0.6) is 5.75 Å². The summed E-state index contributed by atoms with van der Waals surface area (Å²) in [5.74, 6) is 0.944. The molecular weight excluding hydrogens is 242 g/mol. The van der Waals surface area contributed by atoms with Crippen molar-refractivity contribution in [2.75, 3.05) is 12.4 Å². The Morgan fingerprint density at radius 3 is 3.00 bits per heavy atom. The van der Waals surface area contributed by atoms with E-state index in [2.05, 4.69) is 33.2 Å². The number of alkyl halides is 1. The number of benzene rings is 1. The van der Waals surface area contributed by atoms with Crippen molar-refractivity contribution >= 4 is 26.8 Å². The molecule has 0 bridgehead atoms. The third kappa shape index (κ3) is 1.52. The molecule has 1 aromatic carbocycles. The Kier molecular flexibility index (Phi) is 2.77. The summed E-state index contributed by atoms with van der Waals surface area (Å²) < 4.78 is 5.34.